The molecular weight excluding hydrogens is 362 g/mol. The summed E-state index contributed by atoms with van der Waals surface area (Å²) in [5, 5.41) is 18.8. The average molecular weight is 382 g/mol. The summed E-state index contributed by atoms with van der Waals surface area (Å²) in [7, 11) is 0. The number of aryl methyl sites for hydroxylation is 2. The predicted octanol–water partition coefficient (Wildman–Crippen LogP) is 5.02. The van der Waals surface area contributed by atoms with E-state index in [9.17, 15) is 5.26 Å². The van der Waals surface area contributed by atoms with Crippen LogP contribution in [0.4, 0.5) is 11.4 Å². The molecule has 1 aromatic carbocycles. The number of nitriles is 1. The summed E-state index contributed by atoms with van der Waals surface area (Å²) in [5.41, 5.74) is 4.40. The van der Waals surface area contributed by atoms with Crippen molar-refractivity contribution in [2.24, 2.45) is 0 Å². The second-order valence-corrected chi connectivity index (χ2v) is 7.21. The molecule has 3 aromatic rings. The molecule has 138 valence electrons. The standard InChI is InChI=1S/C20H20ClN5O/c1-12-6-7-17-14(11-23-26(17)18-5-3-4-8-27-18)19(12)25-20-15(21)9-13(2)24-16(20)10-22/h6-7,9,11,18,25H,3-5,8H2,1-2H3. The third kappa shape index (κ3) is 3.25. The minimum absolute atomic E-state index is 0.0360. The molecule has 27 heavy (non-hydrogen) atoms. The van der Waals surface area contributed by atoms with E-state index in [0.29, 0.717) is 16.4 Å². The van der Waals surface area contributed by atoms with Crippen molar-refractivity contribution in [1.29, 1.82) is 5.26 Å². The molecule has 0 saturated carbocycles. The number of benzene rings is 1. The summed E-state index contributed by atoms with van der Waals surface area (Å²) in [6.45, 7) is 4.59. The van der Waals surface area contributed by atoms with Crippen LogP contribution in [0.2, 0.25) is 5.02 Å². The molecule has 4 rings (SSSR count). The van der Waals surface area contributed by atoms with Gasteiger partial charge in [-0.1, -0.05) is 17.7 Å². The van der Waals surface area contributed by atoms with Crippen molar-refractivity contribution >= 4 is 33.9 Å². The van der Waals surface area contributed by atoms with E-state index in [4.69, 9.17) is 16.3 Å². The number of nitrogens with zero attached hydrogens (tertiary/aromatic N) is 4. The molecule has 1 saturated heterocycles. The second-order valence-electron chi connectivity index (χ2n) is 6.81. The van der Waals surface area contributed by atoms with E-state index < -0.39 is 0 Å². The maximum absolute atomic E-state index is 9.46. The molecule has 0 aliphatic carbocycles. The predicted molar refractivity (Wildman–Crippen MR) is 105 cm³/mol. The first-order valence-electron chi connectivity index (χ1n) is 9.01. The zero-order chi connectivity index (χ0) is 19.0. The topological polar surface area (TPSA) is 75.8 Å². The van der Waals surface area contributed by atoms with Gasteiger partial charge in [-0.05, 0) is 50.8 Å². The molecule has 0 bridgehead atoms. The fraction of sp³-hybridized carbons (Fsp3) is 0.350. The highest BCUT2D eigenvalue weighted by atomic mass is 35.5. The average Bonchev–Trinajstić information content (AvgIpc) is 3.10. The molecule has 2 aromatic heterocycles. The fourth-order valence-corrected chi connectivity index (χ4v) is 3.79. The van der Waals surface area contributed by atoms with E-state index in [0.717, 1.165) is 48.0 Å². The van der Waals surface area contributed by atoms with Gasteiger partial charge in [0.2, 0.25) is 0 Å². The lowest BCUT2D eigenvalue weighted by molar-refractivity contribution is -0.0366. The van der Waals surface area contributed by atoms with E-state index in [-0.39, 0.29) is 11.9 Å². The Morgan fingerprint density at radius 1 is 1.30 bits per heavy atom. The van der Waals surface area contributed by atoms with Gasteiger partial charge >= 0.3 is 0 Å². The van der Waals surface area contributed by atoms with E-state index in [1.807, 2.05) is 30.8 Å². The summed E-state index contributed by atoms with van der Waals surface area (Å²) in [5.74, 6) is 0. The normalized spacial score (nSPS) is 17.0. The second kappa shape index (κ2) is 7.18. The van der Waals surface area contributed by atoms with Crippen LogP contribution in [0.25, 0.3) is 10.9 Å². The van der Waals surface area contributed by atoms with Crippen molar-refractivity contribution in [1.82, 2.24) is 14.8 Å². The van der Waals surface area contributed by atoms with Crippen LogP contribution >= 0.6 is 11.6 Å². The van der Waals surface area contributed by atoms with Crippen molar-refractivity contribution < 1.29 is 4.74 Å². The monoisotopic (exact) mass is 381 g/mol. The van der Waals surface area contributed by atoms with Crippen LogP contribution in [0.15, 0.2) is 24.4 Å². The quantitative estimate of drug-likeness (QED) is 0.689. The molecule has 7 heteroatoms. The van der Waals surface area contributed by atoms with Crippen LogP contribution < -0.4 is 5.32 Å². The Morgan fingerprint density at radius 3 is 2.89 bits per heavy atom. The lowest BCUT2D eigenvalue weighted by Gasteiger charge is -2.23. The van der Waals surface area contributed by atoms with Gasteiger partial charge in [-0.25, -0.2) is 9.67 Å². The highest BCUT2D eigenvalue weighted by Crippen LogP contribution is 2.36. The number of nitrogens with one attached hydrogen (secondary N) is 1. The lowest BCUT2D eigenvalue weighted by atomic mass is 10.1. The van der Waals surface area contributed by atoms with Crippen molar-refractivity contribution in [3.63, 3.8) is 0 Å². The summed E-state index contributed by atoms with van der Waals surface area (Å²) in [6, 6.07) is 7.96. The number of anilines is 2. The number of pyridine rings is 1. The Kier molecular flexibility index (Phi) is 4.73. The maximum atomic E-state index is 9.46. The van der Waals surface area contributed by atoms with Gasteiger partial charge in [-0.15, -0.1) is 0 Å². The van der Waals surface area contributed by atoms with Crippen LogP contribution in [0.5, 0.6) is 0 Å². The Balaban J connectivity index is 1.80. The van der Waals surface area contributed by atoms with Crippen molar-refractivity contribution in [2.75, 3.05) is 11.9 Å². The van der Waals surface area contributed by atoms with Crippen LogP contribution in [0.1, 0.15) is 42.4 Å². The molecule has 1 N–H and O–H groups in total. The Labute approximate surface area is 162 Å². The molecule has 1 aliphatic heterocycles. The third-order valence-corrected chi connectivity index (χ3v) is 5.17. The molecule has 1 fully saturated rings. The van der Waals surface area contributed by atoms with Gasteiger partial charge in [-0.2, -0.15) is 10.4 Å². The summed E-state index contributed by atoms with van der Waals surface area (Å²) < 4.78 is 7.84. The van der Waals surface area contributed by atoms with Crippen molar-refractivity contribution in [3.8, 4) is 6.07 Å². The number of rotatable bonds is 3. The Bertz CT molecular complexity index is 1050. The molecule has 1 atom stereocenters. The Morgan fingerprint density at radius 2 is 2.15 bits per heavy atom. The minimum atomic E-state index is -0.0360. The first-order chi connectivity index (χ1) is 13.1. The van der Waals surface area contributed by atoms with Crippen LogP contribution in [0.3, 0.4) is 0 Å². The molecule has 1 aliphatic rings. The van der Waals surface area contributed by atoms with Gasteiger partial charge in [-0.3, -0.25) is 0 Å². The molecular formula is C20H20ClN5O. The first-order valence-corrected chi connectivity index (χ1v) is 9.39. The van der Waals surface area contributed by atoms with Gasteiger partial charge in [0.05, 0.1) is 28.1 Å². The van der Waals surface area contributed by atoms with E-state index in [1.165, 1.54) is 0 Å². The maximum Gasteiger partial charge on any atom is 0.165 e. The zero-order valence-corrected chi connectivity index (χ0v) is 16.0. The van der Waals surface area contributed by atoms with Crippen LogP contribution in [-0.2, 0) is 4.74 Å². The minimum Gasteiger partial charge on any atom is -0.356 e. The highest BCUT2D eigenvalue weighted by Gasteiger charge is 2.21. The summed E-state index contributed by atoms with van der Waals surface area (Å²) in [6.07, 6.45) is 4.99. The van der Waals surface area contributed by atoms with Gasteiger partial charge in [0.15, 0.2) is 11.9 Å². The zero-order valence-electron chi connectivity index (χ0n) is 15.3. The van der Waals surface area contributed by atoms with E-state index >= 15 is 0 Å². The molecule has 6 nitrogen and oxygen atoms in total. The Hall–Kier alpha value is -2.62. The number of ether oxygens (including phenoxy) is 1. The number of aromatic nitrogens is 3. The van der Waals surface area contributed by atoms with Gasteiger partial charge in [0, 0.05) is 17.7 Å². The van der Waals surface area contributed by atoms with Gasteiger partial charge < -0.3 is 10.1 Å². The van der Waals surface area contributed by atoms with E-state index in [1.54, 1.807) is 6.07 Å². The van der Waals surface area contributed by atoms with Crippen molar-refractivity contribution in [3.05, 3.63) is 46.4 Å². The fourth-order valence-electron chi connectivity index (χ4n) is 3.50. The molecule has 1 unspecified atom stereocenters. The number of hydrogen-bond acceptors (Lipinski definition) is 5. The van der Waals surface area contributed by atoms with Gasteiger partial charge in [0.1, 0.15) is 6.07 Å². The smallest absolute Gasteiger partial charge is 0.165 e. The van der Waals surface area contributed by atoms with Crippen LogP contribution in [-0.4, -0.2) is 21.4 Å². The lowest BCUT2D eigenvalue weighted by Crippen LogP contribution is -2.18. The number of fused-ring (bicyclic) bond motifs is 1. The van der Waals surface area contributed by atoms with Crippen molar-refractivity contribution in [2.45, 2.75) is 39.3 Å². The van der Waals surface area contributed by atoms with Crippen LogP contribution in [0, 0.1) is 25.2 Å². The molecule has 3 heterocycles. The molecule has 0 spiro atoms. The number of hydrogen-bond donors (Lipinski definition) is 1. The molecule has 0 radical (unpaired) electrons. The largest absolute Gasteiger partial charge is 0.356 e. The third-order valence-electron chi connectivity index (χ3n) is 4.87. The molecule has 0 amide bonds. The highest BCUT2D eigenvalue weighted by molar-refractivity contribution is 6.33. The van der Waals surface area contributed by atoms with E-state index in [2.05, 4.69) is 27.5 Å². The van der Waals surface area contributed by atoms with Gasteiger partial charge in [0.25, 0.3) is 0 Å². The number of halogens is 1. The SMILES string of the molecule is Cc1cc(Cl)c(Nc2c(C)ccc3c2cnn3C2CCCCO2)c(C#N)n1. The summed E-state index contributed by atoms with van der Waals surface area (Å²) in [4.78, 5) is 4.29. The summed E-state index contributed by atoms with van der Waals surface area (Å²) >= 11 is 6.40. The first kappa shape index (κ1) is 17.8.